The quantitative estimate of drug-likeness (QED) is 0.327. The third-order valence-corrected chi connectivity index (χ3v) is 6.41. The fourth-order valence-electron chi connectivity index (χ4n) is 4.31. The van der Waals surface area contributed by atoms with Gasteiger partial charge in [0.15, 0.2) is 0 Å². The molecule has 1 aliphatic heterocycles. The van der Waals surface area contributed by atoms with E-state index in [4.69, 9.17) is 4.74 Å². The molecule has 0 bridgehead atoms. The van der Waals surface area contributed by atoms with Crippen molar-refractivity contribution in [1.82, 2.24) is 10.2 Å². The first-order valence-electron chi connectivity index (χ1n) is 11.0. The van der Waals surface area contributed by atoms with Gasteiger partial charge in [-0.3, -0.25) is 14.8 Å². The largest absolute Gasteiger partial charge is 0.462 e. The molecule has 0 aliphatic carbocycles. The lowest BCUT2D eigenvalue weighted by molar-refractivity contribution is 0.0526. The van der Waals surface area contributed by atoms with Gasteiger partial charge in [0.1, 0.15) is 5.69 Å². The van der Waals surface area contributed by atoms with Crippen molar-refractivity contribution in [2.75, 3.05) is 11.5 Å². The summed E-state index contributed by atoms with van der Waals surface area (Å²) < 4.78 is 6.01. The Bertz CT molecular complexity index is 1380. The minimum absolute atomic E-state index is 0.172. The van der Waals surface area contributed by atoms with Crippen LogP contribution in [0.4, 0.5) is 5.69 Å². The number of halogens is 1. The van der Waals surface area contributed by atoms with E-state index in [1.54, 1.807) is 36.1 Å². The van der Waals surface area contributed by atoms with Crippen LogP contribution in [0.25, 0.3) is 11.3 Å². The number of H-pyrrole nitrogens is 1. The normalized spacial score (nSPS) is 14.9. The lowest BCUT2D eigenvalue weighted by Gasteiger charge is -2.27. The van der Waals surface area contributed by atoms with Gasteiger partial charge in [0.25, 0.3) is 5.91 Å². The molecular formula is C27H22BrN3O3. The molecule has 6 nitrogen and oxygen atoms in total. The summed E-state index contributed by atoms with van der Waals surface area (Å²) in [6.45, 7) is 4.11. The van der Waals surface area contributed by atoms with Crippen LogP contribution in [0.5, 0.6) is 0 Å². The number of fused-ring (bicyclic) bond motifs is 1. The molecule has 1 atom stereocenters. The molecule has 1 N–H and O–H groups in total. The van der Waals surface area contributed by atoms with Crippen LogP contribution in [0.15, 0.2) is 77.3 Å². The van der Waals surface area contributed by atoms with E-state index in [9.17, 15) is 9.59 Å². The Kier molecular flexibility index (Phi) is 5.79. The molecule has 0 fully saturated rings. The number of carbonyl (C=O) groups is 2. The summed E-state index contributed by atoms with van der Waals surface area (Å²) in [6, 6.07) is 22.6. The number of carbonyl (C=O) groups excluding carboxylic acids is 2. The Morgan fingerprint density at radius 2 is 1.82 bits per heavy atom. The summed E-state index contributed by atoms with van der Waals surface area (Å²) in [6.07, 6.45) is 0. The molecular weight excluding hydrogens is 494 g/mol. The number of hydrogen-bond acceptors (Lipinski definition) is 4. The fraction of sp³-hybridized carbons (Fsp3) is 0.148. The second-order valence-corrected chi connectivity index (χ2v) is 9.04. The average molecular weight is 516 g/mol. The van der Waals surface area contributed by atoms with Crippen molar-refractivity contribution < 1.29 is 14.3 Å². The van der Waals surface area contributed by atoms with Gasteiger partial charge in [0.05, 0.1) is 23.9 Å². The summed E-state index contributed by atoms with van der Waals surface area (Å²) in [4.78, 5) is 27.5. The van der Waals surface area contributed by atoms with Gasteiger partial charge in [0.2, 0.25) is 0 Å². The molecule has 0 saturated heterocycles. The Hall–Kier alpha value is -3.71. The fourth-order valence-corrected chi connectivity index (χ4v) is 4.73. The van der Waals surface area contributed by atoms with Crippen LogP contribution in [0.1, 0.15) is 50.5 Å². The second-order valence-electron chi connectivity index (χ2n) is 8.13. The Morgan fingerprint density at radius 1 is 1.09 bits per heavy atom. The summed E-state index contributed by atoms with van der Waals surface area (Å²) in [7, 11) is 0. The van der Waals surface area contributed by atoms with Gasteiger partial charge in [-0.15, -0.1) is 0 Å². The number of aryl methyl sites for hydroxylation is 1. The Labute approximate surface area is 205 Å². The van der Waals surface area contributed by atoms with E-state index in [2.05, 4.69) is 26.1 Å². The number of ether oxygens (including phenoxy) is 1. The number of nitrogens with zero attached hydrogens (tertiary/aromatic N) is 2. The maximum Gasteiger partial charge on any atom is 0.338 e. The molecule has 3 aromatic carbocycles. The summed E-state index contributed by atoms with van der Waals surface area (Å²) in [5.41, 5.74) is 6.22. The third kappa shape index (κ3) is 3.82. The molecule has 4 aromatic rings. The van der Waals surface area contributed by atoms with Crippen LogP contribution in [-0.4, -0.2) is 28.7 Å². The van der Waals surface area contributed by atoms with Crippen molar-refractivity contribution in [2.45, 2.75) is 19.9 Å². The van der Waals surface area contributed by atoms with Gasteiger partial charge in [0, 0.05) is 21.3 Å². The van der Waals surface area contributed by atoms with Crippen molar-refractivity contribution in [3.63, 3.8) is 0 Å². The highest BCUT2D eigenvalue weighted by atomic mass is 79.9. The van der Waals surface area contributed by atoms with E-state index < -0.39 is 0 Å². The van der Waals surface area contributed by atoms with Crippen LogP contribution < -0.4 is 4.90 Å². The van der Waals surface area contributed by atoms with Crippen LogP contribution in [0.3, 0.4) is 0 Å². The summed E-state index contributed by atoms with van der Waals surface area (Å²) >= 11 is 3.56. The van der Waals surface area contributed by atoms with E-state index in [-0.39, 0.29) is 17.9 Å². The molecule has 2 heterocycles. The number of hydrogen-bond donors (Lipinski definition) is 1. The van der Waals surface area contributed by atoms with Crippen LogP contribution in [0.2, 0.25) is 0 Å². The van der Waals surface area contributed by atoms with Crippen molar-refractivity contribution in [3.8, 4) is 11.3 Å². The molecule has 5 rings (SSSR count). The van der Waals surface area contributed by atoms with Crippen LogP contribution in [0, 0.1) is 6.92 Å². The van der Waals surface area contributed by atoms with Crippen molar-refractivity contribution in [1.29, 1.82) is 0 Å². The van der Waals surface area contributed by atoms with E-state index >= 15 is 0 Å². The number of nitrogens with one attached hydrogen (secondary N) is 1. The minimum Gasteiger partial charge on any atom is -0.462 e. The minimum atomic E-state index is -0.388. The first-order valence-corrected chi connectivity index (χ1v) is 11.8. The first-order chi connectivity index (χ1) is 16.5. The lowest BCUT2D eigenvalue weighted by atomic mass is 9.95. The molecule has 34 heavy (non-hydrogen) atoms. The molecule has 0 unspecified atom stereocenters. The highest BCUT2D eigenvalue weighted by molar-refractivity contribution is 9.10. The SMILES string of the molecule is CCOC(=O)c1ccc(N2C(=O)c3[nH]nc(-c4ccc(C)cc4)c3[C@@H]2c2cccc(Br)c2)cc1. The van der Waals surface area contributed by atoms with Gasteiger partial charge in [-0.05, 0) is 55.8 Å². The number of aromatic amines is 1. The molecule has 7 heteroatoms. The second kappa shape index (κ2) is 8.91. The molecule has 0 saturated carbocycles. The zero-order valence-electron chi connectivity index (χ0n) is 18.7. The standard InChI is InChI=1S/C27H22BrN3O3/c1-3-34-27(33)18-11-13-21(14-12-18)31-25(19-5-4-6-20(28)15-19)22-23(29-30-24(22)26(31)32)17-9-7-16(2)8-10-17/h4-15,25H,3H2,1-2H3,(H,29,30)/t25-/m0/s1. The number of esters is 1. The first kappa shape index (κ1) is 22.1. The van der Waals surface area contributed by atoms with Crippen molar-refractivity contribution in [2.24, 2.45) is 0 Å². The third-order valence-electron chi connectivity index (χ3n) is 5.91. The van der Waals surface area contributed by atoms with Gasteiger partial charge in [-0.1, -0.05) is 57.9 Å². The Morgan fingerprint density at radius 3 is 2.50 bits per heavy atom. The molecule has 170 valence electrons. The maximum absolute atomic E-state index is 13.6. The maximum atomic E-state index is 13.6. The van der Waals surface area contributed by atoms with E-state index in [1.165, 1.54) is 0 Å². The van der Waals surface area contributed by atoms with Crippen LogP contribution >= 0.6 is 15.9 Å². The van der Waals surface area contributed by atoms with E-state index in [0.29, 0.717) is 23.6 Å². The molecule has 0 spiro atoms. The zero-order valence-corrected chi connectivity index (χ0v) is 20.3. The van der Waals surface area contributed by atoms with Gasteiger partial charge in [-0.25, -0.2) is 4.79 Å². The number of benzene rings is 3. The predicted molar refractivity (Wildman–Crippen MR) is 134 cm³/mol. The summed E-state index contributed by atoms with van der Waals surface area (Å²) in [5.74, 6) is -0.559. The van der Waals surface area contributed by atoms with Crippen molar-refractivity contribution in [3.05, 3.63) is 105 Å². The number of anilines is 1. The number of aromatic nitrogens is 2. The van der Waals surface area contributed by atoms with Crippen molar-refractivity contribution >= 4 is 33.5 Å². The highest BCUT2D eigenvalue weighted by Crippen LogP contribution is 2.45. The molecule has 1 amide bonds. The summed E-state index contributed by atoms with van der Waals surface area (Å²) in [5, 5.41) is 7.51. The highest BCUT2D eigenvalue weighted by Gasteiger charge is 2.43. The van der Waals surface area contributed by atoms with Crippen LogP contribution in [-0.2, 0) is 4.74 Å². The van der Waals surface area contributed by atoms with Gasteiger partial charge in [-0.2, -0.15) is 5.10 Å². The number of amides is 1. The molecule has 1 aliphatic rings. The molecule has 0 radical (unpaired) electrons. The van der Waals surface area contributed by atoms with E-state index in [1.807, 2.05) is 55.5 Å². The van der Waals surface area contributed by atoms with Gasteiger partial charge < -0.3 is 4.74 Å². The zero-order chi connectivity index (χ0) is 23.8. The average Bonchev–Trinajstić information content (AvgIpc) is 3.39. The monoisotopic (exact) mass is 515 g/mol. The van der Waals surface area contributed by atoms with E-state index in [0.717, 1.165) is 32.4 Å². The predicted octanol–water partition coefficient (Wildman–Crippen LogP) is 6.07. The smallest absolute Gasteiger partial charge is 0.338 e. The Balaban J connectivity index is 1.64. The topological polar surface area (TPSA) is 75.3 Å². The number of rotatable bonds is 5. The van der Waals surface area contributed by atoms with Gasteiger partial charge >= 0.3 is 5.97 Å². The lowest BCUT2D eigenvalue weighted by Crippen LogP contribution is -2.29. The molecule has 1 aromatic heterocycles.